The minimum atomic E-state index is -0.237. The van der Waals surface area contributed by atoms with Gasteiger partial charge in [0.15, 0.2) is 0 Å². The predicted molar refractivity (Wildman–Crippen MR) is 86.7 cm³/mol. The Morgan fingerprint density at radius 3 is 2.82 bits per heavy atom. The molecule has 1 aromatic carbocycles. The molecule has 1 atom stereocenters. The number of hydrogen-bond donors (Lipinski definition) is 2. The Balaban J connectivity index is 2.00. The van der Waals surface area contributed by atoms with E-state index in [1.807, 2.05) is 35.9 Å². The molecule has 1 aromatic heterocycles. The summed E-state index contributed by atoms with van der Waals surface area (Å²) < 4.78 is 1.82. The fraction of sp³-hybridized carbons (Fsp3) is 0.438. The van der Waals surface area contributed by atoms with Gasteiger partial charge in [0.1, 0.15) is 12.2 Å². The van der Waals surface area contributed by atoms with Gasteiger partial charge >= 0.3 is 6.03 Å². The number of amides is 2. The summed E-state index contributed by atoms with van der Waals surface area (Å²) in [6, 6.07) is 7.36. The number of rotatable bonds is 6. The van der Waals surface area contributed by atoms with E-state index in [9.17, 15) is 4.79 Å². The Bertz CT molecular complexity index is 623. The number of nitrogens with zero attached hydrogens (tertiary/aromatic N) is 3. The molecule has 118 valence electrons. The normalized spacial score (nSPS) is 12.0. The summed E-state index contributed by atoms with van der Waals surface area (Å²) >= 11 is 0. The zero-order valence-electron chi connectivity index (χ0n) is 13.3. The van der Waals surface area contributed by atoms with E-state index in [-0.39, 0.29) is 12.1 Å². The molecule has 6 heteroatoms. The molecular formula is C16H23N5O. The molecule has 2 N–H and O–H groups in total. The maximum absolute atomic E-state index is 12.2. The highest BCUT2D eigenvalue weighted by atomic mass is 16.2. The molecule has 1 heterocycles. The van der Waals surface area contributed by atoms with E-state index in [1.54, 1.807) is 0 Å². The first-order valence-electron chi connectivity index (χ1n) is 7.68. The van der Waals surface area contributed by atoms with Crippen LogP contribution >= 0.6 is 0 Å². The lowest BCUT2D eigenvalue weighted by molar-refractivity contribution is 0.248. The van der Waals surface area contributed by atoms with Gasteiger partial charge in [-0.15, -0.1) is 0 Å². The summed E-state index contributed by atoms with van der Waals surface area (Å²) in [6.45, 7) is 6.84. The number of para-hydroxylation sites is 1. The molecule has 2 amide bonds. The number of carbonyl (C=O) groups excluding carboxylic acids is 1. The molecule has 2 aromatic rings. The molecule has 0 bridgehead atoms. The number of carbonyl (C=O) groups is 1. The molecule has 0 unspecified atom stereocenters. The van der Waals surface area contributed by atoms with Crippen LogP contribution in [0.2, 0.25) is 0 Å². The largest absolute Gasteiger partial charge is 0.328 e. The topological polar surface area (TPSA) is 71.8 Å². The monoisotopic (exact) mass is 301 g/mol. The van der Waals surface area contributed by atoms with Crippen LogP contribution in [-0.2, 0) is 13.0 Å². The summed E-state index contributed by atoms with van der Waals surface area (Å²) in [5, 5.41) is 9.99. The third-order valence-electron chi connectivity index (χ3n) is 3.46. The second-order valence-corrected chi connectivity index (χ2v) is 5.17. The van der Waals surface area contributed by atoms with Gasteiger partial charge in [0, 0.05) is 12.2 Å². The lowest BCUT2D eigenvalue weighted by Crippen LogP contribution is -2.33. The van der Waals surface area contributed by atoms with Gasteiger partial charge in [-0.2, -0.15) is 5.10 Å². The highest BCUT2D eigenvalue weighted by molar-refractivity contribution is 5.90. The maximum Gasteiger partial charge on any atom is 0.319 e. The molecule has 0 saturated heterocycles. The Morgan fingerprint density at radius 1 is 1.32 bits per heavy atom. The van der Waals surface area contributed by atoms with Crippen LogP contribution in [0.25, 0.3) is 0 Å². The lowest BCUT2D eigenvalue weighted by Gasteiger charge is -2.16. The third-order valence-corrected chi connectivity index (χ3v) is 3.46. The number of nitrogens with one attached hydrogen (secondary N) is 2. The van der Waals surface area contributed by atoms with E-state index < -0.39 is 0 Å². The van der Waals surface area contributed by atoms with Crippen molar-refractivity contribution >= 4 is 11.7 Å². The number of urea groups is 1. The van der Waals surface area contributed by atoms with Gasteiger partial charge in [0.2, 0.25) is 0 Å². The van der Waals surface area contributed by atoms with Gasteiger partial charge in [0.25, 0.3) is 0 Å². The van der Waals surface area contributed by atoms with Crippen LogP contribution in [0.1, 0.15) is 44.6 Å². The minimum Gasteiger partial charge on any atom is -0.328 e. The fourth-order valence-electron chi connectivity index (χ4n) is 2.36. The second kappa shape index (κ2) is 7.59. The molecule has 6 nitrogen and oxygen atoms in total. The molecule has 0 radical (unpaired) electrons. The summed E-state index contributed by atoms with van der Waals surface area (Å²) in [5.74, 6) is 0.765. The van der Waals surface area contributed by atoms with Crippen molar-refractivity contribution in [3.05, 3.63) is 42.0 Å². The van der Waals surface area contributed by atoms with Crippen LogP contribution in [0.15, 0.2) is 30.6 Å². The molecule has 0 aliphatic carbocycles. The van der Waals surface area contributed by atoms with E-state index >= 15 is 0 Å². The number of hydrogen-bond acceptors (Lipinski definition) is 3. The Kier molecular flexibility index (Phi) is 5.52. The van der Waals surface area contributed by atoms with Crippen molar-refractivity contribution in [2.75, 3.05) is 5.32 Å². The Hall–Kier alpha value is -2.37. The van der Waals surface area contributed by atoms with Crippen molar-refractivity contribution in [1.29, 1.82) is 0 Å². The first kappa shape index (κ1) is 16.0. The molecule has 0 spiro atoms. The number of aryl methyl sites for hydroxylation is 2. The number of aromatic nitrogens is 3. The number of anilines is 1. The van der Waals surface area contributed by atoms with E-state index in [1.165, 1.54) is 6.33 Å². The van der Waals surface area contributed by atoms with Crippen molar-refractivity contribution in [2.24, 2.45) is 0 Å². The van der Waals surface area contributed by atoms with Crippen LogP contribution in [0.4, 0.5) is 10.5 Å². The van der Waals surface area contributed by atoms with Crippen LogP contribution in [-0.4, -0.2) is 20.8 Å². The molecular weight excluding hydrogens is 278 g/mol. The van der Waals surface area contributed by atoms with Crippen molar-refractivity contribution in [3.8, 4) is 0 Å². The summed E-state index contributed by atoms with van der Waals surface area (Å²) in [5.41, 5.74) is 1.95. The zero-order valence-corrected chi connectivity index (χ0v) is 13.3. The summed E-state index contributed by atoms with van der Waals surface area (Å²) in [7, 11) is 0. The third kappa shape index (κ3) is 3.84. The standard InChI is InChI=1S/C16H23N5O/c1-4-10-21-15(17-11-18-21)12(3)19-16(22)20-14-9-7-6-8-13(14)5-2/h6-9,11-12H,4-5,10H2,1-3H3,(H2,19,20,22)/t12-/m1/s1. The van der Waals surface area contributed by atoms with Gasteiger partial charge in [-0.25, -0.2) is 14.5 Å². The van der Waals surface area contributed by atoms with E-state index in [4.69, 9.17) is 0 Å². The maximum atomic E-state index is 12.2. The summed E-state index contributed by atoms with van der Waals surface area (Å²) in [4.78, 5) is 16.4. The van der Waals surface area contributed by atoms with Gasteiger partial charge in [-0.1, -0.05) is 32.0 Å². The first-order chi connectivity index (χ1) is 10.7. The van der Waals surface area contributed by atoms with Gasteiger partial charge in [0.05, 0.1) is 6.04 Å². The first-order valence-corrected chi connectivity index (χ1v) is 7.68. The molecule has 0 aliphatic heterocycles. The quantitative estimate of drug-likeness (QED) is 0.861. The van der Waals surface area contributed by atoms with Crippen molar-refractivity contribution in [1.82, 2.24) is 20.1 Å². The SMILES string of the molecule is CCCn1ncnc1[C@@H](C)NC(=O)Nc1ccccc1CC. The van der Waals surface area contributed by atoms with Gasteiger partial charge in [-0.3, -0.25) is 0 Å². The van der Waals surface area contributed by atoms with Gasteiger partial charge in [-0.05, 0) is 31.4 Å². The molecule has 0 aliphatic rings. The van der Waals surface area contributed by atoms with E-state index in [0.29, 0.717) is 0 Å². The molecule has 0 fully saturated rings. The van der Waals surface area contributed by atoms with Gasteiger partial charge < -0.3 is 10.6 Å². The predicted octanol–water partition coefficient (Wildman–Crippen LogP) is 3.13. The average Bonchev–Trinajstić information content (AvgIpc) is 2.96. The second-order valence-electron chi connectivity index (χ2n) is 5.17. The Morgan fingerprint density at radius 2 is 2.09 bits per heavy atom. The lowest BCUT2D eigenvalue weighted by atomic mass is 10.1. The van der Waals surface area contributed by atoms with Crippen molar-refractivity contribution in [3.63, 3.8) is 0 Å². The molecule has 0 saturated carbocycles. The Labute approximate surface area is 130 Å². The highest BCUT2D eigenvalue weighted by Gasteiger charge is 2.15. The number of benzene rings is 1. The smallest absolute Gasteiger partial charge is 0.319 e. The van der Waals surface area contributed by atoms with Crippen LogP contribution in [0, 0.1) is 0 Å². The minimum absolute atomic E-state index is 0.206. The van der Waals surface area contributed by atoms with E-state index in [2.05, 4.69) is 34.6 Å². The summed E-state index contributed by atoms with van der Waals surface area (Å²) in [6.07, 6.45) is 3.36. The zero-order chi connectivity index (χ0) is 15.9. The molecule has 22 heavy (non-hydrogen) atoms. The van der Waals surface area contributed by atoms with Crippen LogP contribution < -0.4 is 10.6 Å². The fourth-order valence-corrected chi connectivity index (χ4v) is 2.36. The highest BCUT2D eigenvalue weighted by Crippen LogP contribution is 2.16. The van der Waals surface area contributed by atoms with Crippen LogP contribution in [0.3, 0.4) is 0 Å². The average molecular weight is 301 g/mol. The van der Waals surface area contributed by atoms with E-state index in [0.717, 1.165) is 36.5 Å². The van der Waals surface area contributed by atoms with Crippen molar-refractivity contribution in [2.45, 2.75) is 46.2 Å². The molecule has 2 rings (SSSR count). The van der Waals surface area contributed by atoms with Crippen molar-refractivity contribution < 1.29 is 4.79 Å². The van der Waals surface area contributed by atoms with Crippen LogP contribution in [0.5, 0.6) is 0 Å².